The van der Waals surface area contributed by atoms with Crippen molar-refractivity contribution in [1.82, 2.24) is 10.2 Å². The van der Waals surface area contributed by atoms with Crippen molar-refractivity contribution in [2.75, 3.05) is 5.88 Å². The van der Waals surface area contributed by atoms with Crippen molar-refractivity contribution in [3.05, 3.63) is 42.1 Å². The van der Waals surface area contributed by atoms with Crippen LogP contribution in [0.2, 0.25) is 0 Å². The molecule has 1 heterocycles. The summed E-state index contributed by atoms with van der Waals surface area (Å²) >= 11 is 5.58. The van der Waals surface area contributed by atoms with Crippen LogP contribution in [0.3, 0.4) is 0 Å². The Morgan fingerprint density at radius 1 is 1.22 bits per heavy atom. The van der Waals surface area contributed by atoms with E-state index in [-0.39, 0.29) is 0 Å². The van der Waals surface area contributed by atoms with Crippen LogP contribution < -0.4 is 0 Å². The Balaban J connectivity index is 2.33. The fourth-order valence-corrected chi connectivity index (χ4v) is 2.11. The Hall–Kier alpha value is -1.36. The predicted octanol–water partition coefficient (Wildman–Crippen LogP) is 2.10. The van der Waals surface area contributed by atoms with Crippen LogP contribution in [0.25, 0.3) is 11.3 Å². The van der Waals surface area contributed by atoms with Crippen molar-refractivity contribution in [2.24, 2.45) is 0 Å². The van der Waals surface area contributed by atoms with Gasteiger partial charge in [0, 0.05) is 17.6 Å². The maximum atomic E-state index is 10.2. The average Bonchev–Trinajstić information content (AvgIpc) is 2.92. The zero-order valence-electron chi connectivity index (χ0n) is 9.75. The molecule has 0 amide bonds. The molecule has 0 saturated carbocycles. The standard InChI is InChI=1S/C13H15ClN2O2/c14-7-5-12(17)13(18)10-4-2-1-3-9(10)11-6-8-15-16-11/h1-4,6,8,12-13,17-18H,5,7H2,(H,15,16). The van der Waals surface area contributed by atoms with Crippen LogP contribution in [0.1, 0.15) is 18.1 Å². The number of nitrogens with zero attached hydrogens (tertiary/aromatic N) is 1. The lowest BCUT2D eigenvalue weighted by Gasteiger charge is -2.19. The minimum atomic E-state index is -0.955. The highest BCUT2D eigenvalue weighted by Crippen LogP contribution is 2.29. The smallest absolute Gasteiger partial charge is 0.106 e. The maximum Gasteiger partial charge on any atom is 0.106 e. The third-order valence-electron chi connectivity index (χ3n) is 2.84. The number of aliphatic hydroxyl groups excluding tert-OH is 2. The molecule has 0 aliphatic carbocycles. The SMILES string of the molecule is OC(CCCl)C(O)c1ccccc1-c1ccn[nH]1. The van der Waals surface area contributed by atoms with Crippen LogP contribution in [0.15, 0.2) is 36.5 Å². The summed E-state index contributed by atoms with van der Waals surface area (Å²) < 4.78 is 0. The van der Waals surface area contributed by atoms with Gasteiger partial charge >= 0.3 is 0 Å². The van der Waals surface area contributed by atoms with E-state index in [2.05, 4.69) is 10.2 Å². The van der Waals surface area contributed by atoms with Gasteiger partial charge in [0.25, 0.3) is 0 Å². The lowest BCUT2D eigenvalue weighted by Crippen LogP contribution is -2.19. The molecule has 18 heavy (non-hydrogen) atoms. The van der Waals surface area contributed by atoms with E-state index in [0.717, 1.165) is 11.3 Å². The summed E-state index contributed by atoms with van der Waals surface area (Å²) in [5.74, 6) is 0.310. The Morgan fingerprint density at radius 2 is 2.00 bits per heavy atom. The number of benzene rings is 1. The van der Waals surface area contributed by atoms with E-state index in [0.29, 0.717) is 17.9 Å². The van der Waals surface area contributed by atoms with E-state index in [1.54, 1.807) is 12.3 Å². The monoisotopic (exact) mass is 266 g/mol. The highest BCUT2D eigenvalue weighted by atomic mass is 35.5. The number of halogens is 1. The first-order chi connectivity index (χ1) is 8.74. The number of alkyl halides is 1. The molecule has 0 radical (unpaired) electrons. The van der Waals surface area contributed by atoms with Gasteiger partial charge in [0.15, 0.2) is 0 Å². The summed E-state index contributed by atoms with van der Waals surface area (Å²) in [6.07, 6.45) is 0.170. The molecule has 2 rings (SSSR count). The molecule has 0 spiro atoms. The molecule has 1 aromatic carbocycles. The van der Waals surface area contributed by atoms with Crippen LogP contribution >= 0.6 is 11.6 Å². The highest BCUT2D eigenvalue weighted by Gasteiger charge is 2.21. The minimum absolute atomic E-state index is 0.310. The predicted molar refractivity (Wildman–Crippen MR) is 70.3 cm³/mol. The molecule has 5 heteroatoms. The van der Waals surface area contributed by atoms with Crippen molar-refractivity contribution >= 4 is 11.6 Å². The third-order valence-corrected chi connectivity index (χ3v) is 3.06. The maximum absolute atomic E-state index is 10.2. The van der Waals surface area contributed by atoms with Gasteiger partial charge in [0.2, 0.25) is 0 Å². The summed E-state index contributed by atoms with van der Waals surface area (Å²) in [6, 6.07) is 9.18. The number of rotatable bonds is 5. The van der Waals surface area contributed by atoms with Crippen molar-refractivity contribution in [3.63, 3.8) is 0 Å². The molecule has 0 fully saturated rings. The Morgan fingerprint density at radius 3 is 2.67 bits per heavy atom. The summed E-state index contributed by atoms with van der Waals surface area (Å²) in [7, 11) is 0. The summed E-state index contributed by atoms with van der Waals surface area (Å²) in [5.41, 5.74) is 2.30. The highest BCUT2D eigenvalue weighted by molar-refractivity contribution is 6.17. The molecule has 3 N–H and O–H groups in total. The quantitative estimate of drug-likeness (QED) is 0.726. The van der Waals surface area contributed by atoms with Gasteiger partial charge in [-0.25, -0.2) is 0 Å². The molecular formula is C13H15ClN2O2. The molecule has 2 unspecified atom stereocenters. The molecule has 0 aliphatic rings. The Bertz CT molecular complexity index is 487. The number of hydrogen-bond acceptors (Lipinski definition) is 3. The second kappa shape index (κ2) is 6.00. The van der Waals surface area contributed by atoms with Gasteiger partial charge in [-0.15, -0.1) is 11.6 Å². The van der Waals surface area contributed by atoms with Crippen LogP contribution in [0.4, 0.5) is 0 Å². The summed E-state index contributed by atoms with van der Waals surface area (Å²) in [5, 5.41) is 26.7. The van der Waals surface area contributed by atoms with Crippen molar-refractivity contribution in [3.8, 4) is 11.3 Å². The van der Waals surface area contributed by atoms with E-state index in [4.69, 9.17) is 11.6 Å². The first-order valence-corrected chi connectivity index (χ1v) is 6.28. The minimum Gasteiger partial charge on any atom is -0.390 e. The fraction of sp³-hybridized carbons (Fsp3) is 0.308. The van der Waals surface area contributed by atoms with E-state index in [9.17, 15) is 10.2 Å². The lowest BCUT2D eigenvalue weighted by atomic mass is 9.96. The topological polar surface area (TPSA) is 69.1 Å². The zero-order valence-corrected chi connectivity index (χ0v) is 10.5. The van der Waals surface area contributed by atoms with Crippen LogP contribution in [0.5, 0.6) is 0 Å². The van der Waals surface area contributed by atoms with Gasteiger partial charge in [0.05, 0.1) is 11.8 Å². The van der Waals surface area contributed by atoms with Crippen molar-refractivity contribution < 1.29 is 10.2 Å². The number of hydrogen-bond donors (Lipinski definition) is 3. The number of aliphatic hydroxyl groups is 2. The van der Waals surface area contributed by atoms with Crippen molar-refractivity contribution in [2.45, 2.75) is 18.6 Å². The van der Waals surface area contributed by atoms with Crippen LogP contribution in [0, 0.1) is 0 Å². The second-order valence-electron chi connectivity index (χ2n) is 4.05. The van der Waals surface area contributed by atoms with E-state index in [1.165, 1.54) is 0 Å². The fourth-order valence-electron chi connectivity index (χ4n) is 1.88. The average molecular weight is 267 g/mol. The number of aromatic amines is 1. The van der Waals surface area contributed by atoms with Crippen molar-refractivity contribution in [1.29, 1.82) is 0 Å². The number of aromatic nitrogens is 2. The zero-order chi connectivity index (χ0) is 13.0. The molecule has 2 atom stereocenters. The Kier molecular flexibility index (Phi) is 4.36. The normalized spacial score (nSPS) is 14.4. The Labute approximate surface area is 110 Å². The van der Waals surface area contributed by atoms with Gasteiger partial charge in [-0.1, -0.05) is 24.3 Å². The largest absolute Gasteiger partial charge is 0.390 e. The summed E-state index contributed by atoms with van der Waals surface area (Å²) in [6.45, 7) is 0. The molecular weight excluding hydrogens is 252 g/mol. The third kappa shape index (κ3) is 2.72. The van der Waals surface area contributed by atoms with Gasteiger partial charge < -0.3 is 10.2 Å². The van der Waals surface area contributed by atoms with Gasteiger partial charge in [-0.3, -0.25) is 5.10 Å². The molecule has 1 aromatic heterocycles. The summed E-state index contributed by atoms with van der Waals surface area (Å²) in [4.78, 5) is 0. The molecule has 0 saturated heterocycles. The molecule has 2 aromatic rings. The second-order valence-corrected chi connectivity index (χ2v) is 4.43. The molecule has 0 aliphatic heterocycles. The van der Waals surface area contributed by atoms with E-state index < -0.39 is 12.2 Å². The van der Waals surface area contributed by atoms with Gasteiger partial charge in [-0.2, -0.15) is 5.10 Å². The molecule has 96 valence electrons. The van der Waals surface area contributed by atoms with E-state index in [1.807, 2.05) is 24.3 Å². The van der Waals surface area contributed by atoms with Gasteiger partial charge in [0.1, 0.15) is 6.10 Å². The molecule has 4 nitrogen and oxygen atoms in total. The van der Waals surface area contributed by atoms with Gasteiger partial charge in [-0.05, 0) is 18.1 Å². The first kappa shape index (κ1) is 13.1. The lowest BCUT2D eigenvalue weighted by molar-refractivity contribution is 0.0173. The first-order valence-electron chi connectivity index (χ1n) is 5.75. The number of H-pyrrole nitrogens is 1. The van der Waals surface area contributed by atoms with Crippen LogP contribution in [-0.4, -0.2) is 32.4 Å². The number of nitrogens with one attached hydrogen (secondary N) is 1. The van der Waals surface area contributed by atoms with E-state index >= 15 is 0 Å². The molecule has 0 bridgehead atoms. The van der Waals surface area contributed by atoms with Crippen LogP contribution in [-0.2, 0) is 0 Å².